The van der Waals surface area contributed by atoms with Crippen LogP contribution in [0.3, 0.4) is 0 Å². The quantitative estimate of drug-likeness (QED) is 0.814. The molecule has 1 unspecified atom stereocenters. The van der Waals surface area contributed by atoms with Crippen molar-refractivity contribution >= 4 is 18.3 Å². The van der Waals surface area contributed by atoms with Gasteiger partial charge in [-0.2, -0.15) is 4.80 Å². The number of hydrogen-bond acceptors (Lipinski definition) is 5. The Bertz CT molecular complexity index is 557. The van der Waals surface area contributed by atoms with Crippen molar-refractivity contribution in [1.29, 1.82) is 0 Å². The number of carbonyl (C=O) groups is 1. The van der Waals surface area contributed by atoms with Gasteiger partial charge in [0, 0.05) is 18.2 Å². The summed E-state index contributed by atoms with van der Waals surface area (Å²) < 4.78 is 0. The van der Waals surface area contributed by atoms with Crippen LogP contribution in [0.25, 0.3) is 11.4 Å². The Morgan fingerprint density at radius 2 is 2.10 bits per heavy atom. The number of amides is 1. The van der Waals surface area contributed by atoms with Gasteiger partial charge in [0.1, 0.15) is 6.54 Å². The van der Waals surface area contributed by atoms with Crippen LogP contribution in [-0.2, 0) is 11.3 Å². The van der Waals surface area contributed by atoms with Crippen LogP contribution in [0, 0.1) is 0 Å². The largest absolute Gasteiger partial charge is 0.354 e. The number of aromatic nitrogens is 4. The molecule has 8 heteroatoms. The molecule has 1 atom stereocenters. The van der Waals surface area contributed by atoms with Crippen molar-refractivity contribution in [2.45, 2.75) is 25.9 Å². The molecule has 0 fully saturated rings. The van der Waals surface area contributed by atoms with Crippen LogP contribution in [0.2, 0.25) is 0 Å². The second kappa shape index (κ2) is 8.33. The third-order valence-electron chi connectivity index (χ3n) is 2.69. The lowest BCUT2D eigenvalue weighted by atomic mass is 10.2. The van der Waals surface area contributed by atoms with Gasteiger partial charge in [-0.15, -0.1) is 22.6 Å². The van der Waals surface area contributed by atoms with E-state index >= 15 is 0 Å². The molecule has 0 spiro atoms. The van der Waals surface area contributed by atoms with E-state index in [9.17, 15) is 4.79 Å². The van der Waals surface area contributed by atoms with E-state index in [0.717, 1.165) is 12.0 Å². The predicted molar refractivity (Wildman–Crippen MR) is 81.8 cm³/mol. The first-order chi connectivity index (χ1) is 9.65. The van der Waals surface area contributed by atoms with Crippen molar-refractivity contribution in [1.82, 2.24) is 25.5 Å². The standard InChI is InChI=1S/C13H18N6O.ClH/c1-10(14)7-8-15-12(20)9-19-17-13(16-18-19)11-5-3-2-4-6-11;/h2-6,10H,7-9,14H2,1H3,(H,15,20);1H. The molecule has 1 amide bonds. The molecule has 0 aliphatic rings. The summed E-state index contributed by atoms with van der Waals surface area (Å²) in [6, 6.07) is 9.57. The number of nitrogens with two attached hydrogens (primary N) is 1. The number of tetrazole rings is 1. The molecule has 114 valence electrons. The van der Waals surface area contributed by atoms with E-state index in [1.54, 1.807) is 0 Å². The fourth-order valence-electron chi connectivity index (χ4n) is 1.64. The maximum absolute atomic E-state index is 11.7. The average Bonchev–Trinajstić information content (AvgIpc) is 2.88. The minimum atomic E-state index is -0.150. The molecule has 0 bridgehead atoms. The Morgan fingerprint density at radius 3 is 2.76 bits per heavy atom. The van der Waals surface area contributed by atoms with Crippen LogP contribution in [0.4, 0.5) is 0 Å². The number of nitrogens with zero attached hydrogens (tertiary/aromatic N) is 4. The Morgan fingerprint density at radius 1 is 1.38 bits per heavy atom. The topological polar surface area (TPSA) is 98.7 Å². The molecule has 7 nitrogen and oxygen atoms in total. The monoisotopic (exact) mass is 310 g/mol. The highest BCUT2D eigenvalue weighted by Gasteiger charge is 2.08. The first kappa shape index (κ1) is 17.1. The summed E-state index contributed by atoms with van der Waals surface area (Å²) in [5.41, 5.74) is 6.48. The minimum Gasteiger partial charge on any atom is -0.354 e. The van der Waals surface area contributed by atoms with Crippen molar-refractivity contribution < 1.29 is 4.79 Å². The van der Waals surface area contributed by atoms with Crippen LogP contribution in [0.1, 0.15) is 13.3 Å². The fourth-order valence-corrected chi connectivity index (χ4v) is 1.64. The molecule has 0 aliphatic heterocycles. The van der Waals surface area contributed by atoms with Gasteiger partial charge in [-0.1, -0.05) is 30.3 Å². The van der Waals surface area contributed by atoms with E-state index in [1.165, 1.54) is 4.80 Å². The maximum Gasteiger partial charge on any atom is 0.243 e. The van der Waals surface area contributed by atoms with Crippen molar-refractivity contribution in [3.63, 3.8) is 0 Å². The molecule has 2 rings (SSSR count). The zero-order valence-corrected chi connectivity index (χ0v) is 12.6. The minimum absolute atomic E-state index is 0. The van der Waals surface area contributed by atoms with Crippen LogP contribution in [-0.4, -0.2) is 38.7 Å². The highest BCUT2D eigenvalue weighted by atomic mass is 35.5. The smallest absolute Gasteiger partial charge is 0.243 e. The number of benzene rings is 1. The molecule has 1 aromatic heterocycles. The van der Waals surface area contributed by atoms with Crippen molar-refractivity contribution in [2.24, 2.45) is 5.73 Å². The molecule has 1 heterocycles. The first-order valence-corrected chi connectivity index (χ1v) is 6.50. The predicted octanol–water partition coefficient (Wildman–Crippen LogP) is 0.615. The summed E-state index contributed by atoms with van der Waals surface area (Å²) in [4.78, 5) is 12.9. The van der Waals surface area contributed by atoms with Crippen molar-refractivity contribution in [3.05, 3.63) is 30.3 Å². The lowest BCUT2D eigenvalue weighted by molar-refractivity contribution is -0.122. The van der Waals surface area contributed by atoms with E-state index in [-0.39, 0.29) is 30.9 Å². The molecule has 0 saturated heterocycles. The zero-order valence-electron chi connectivity index (χ0n) is 11.8. The molecular formula is C13H19ClN6O. The van der Waals surface area contributed by atoms with Gasteiger partial charge < -0.3 is 11.1 Å². The normalized spacial score (nSPS) is 11.5. The third kappa shape index (κ3) is 5.49. The Labute approximate surface area is 129 Å². The first-order valence-electron chi connectivity index (χ1n) is 6.50. The molecule has 21 heavy (non-hydrogen) atoms. The van der Waals surface area contributed by atoms with Gasteiger partial charge in [-0.05, 0) is 18.6 Å². The molecule has 0 radical (unpaired) electrons. The van der Waals surface area contributed by atoms with Crippen molar-refractivity contribution in [2.75, 3.05) is 6.54 Å². The molecular weight excluding hydrogens is 292 g/mol. The summed E-state index contributed by atoms with van der Waals surface area (Å²) in [5.74, 6) is 0.358. The van der Waals surface area contributed by atoms with Gasteiger partial charge in [0.2, 0.25) is 11.7 Å². The number of hydrogen-bond donors (Lipinski definition) is 2. The van der Waals surface area contributed by atoms with E-state index in [0.29, 0.717) is 12.4 Å². The van der Waals surface area contributed by atoms with Gasteiger partial charge in [0.25, 0.3) is 0 Å². The van der Waals surface area contributed by atoms with Gasteiger partial charge >= 0.3 is 0 Å². The van der Waals surface area contributed by atoms with Gasteiger partial charge in [-0.3, -0.25) is 4.79 Å². The second-order valence-corrected chi connectivity index (χ2v) is 4.63. The second-order valence-electron chi connectivity index (χ2n) is 4.63. The van der Waals surface area contributed by atoms with Gasteiger partial charge in [-0.25, -0.2) is 0 Å². The summed E-state index contributed by atoms with van der Waals surface area (Å²) in [7, 11) is 0. The lowest BCUT2D eigenvalue weighted by Gasteiger charge is -2.06. The molecule has 2 aromatic rings. The zero-order chi connectivity index (χ0) is 14.4. The Balaban J connectivity index is 0.00000220. The Hall–Kier alpha value is -1.99. The highest BCUT2D eigenvalue weighted by molar-refractivity contribution is 5.85. The summed E-state index contributed by atoms with van der Waals surface area (Å²) >= 11 is 0. The summed E-state index contributed by atoms with van der Waals surface area (Å²) in [5, 5.41) is 14.7. The number of nitrogens with one attached hydrogen (secondary N) is 1. The molecule has 3 N–H and O–H groups in total. The number of rotatable bonds is 6. The van der Waals surface area contributed by atoms with E-state index < -0.39 is 0 Å². The van der Waals surface area contributed by atoms with Gasteiger partial charge in [0.15, 0.2) is 0 Å². The fraction of sp³-hybridized carbons (Fsp3) is 0.385. The Kier molecular flexibility index (Phi) is 6.77. The van der Waals surface area contributed by atoms with E-state index in [2.05, 4.69) is 20.7 Å². The van der Waals surface area contributed by atoms with E-state index in [4.69, 9.17) is 5.73 Å². The number of halogens is 1. The van der Waals surface area contributed by atoms with E-state index in [1.807, 2.05) is 37.3 Å². The molecule has 0 aliphatic carbocycles. The maximum atomic E-state index is 11.7. The average molecular weight is 311 g/mol. The van der Waals surface area contributed by atoms with Gasteiger partial charge in [0.05, 0.1) is 0 Å². The van der Waals surface area contributed by atoms with Crippen LogP contribution >= 0.6 is 12.4 Å². The molecule has 0 saturated carbocycles. The number of carbonyl (C=O) groups excluding carboxylic acids is 1. The SMILES string of the molecule is CC(N)CCNC(=O)Cn1nnc(-c2ccccc2)n1.Cl. The van der Waals surface area contributed by atoms with Crippen LogP contribution in [0.5, 0.6) is 0 Å². The lowest BCUT2D eigenvalue weighted by Crippen LogP contribution is -2.32. The molecule has 1 aromatic carbocycles. The highest BCUT2D eigenvalue weighted by Crippen LogP contribution is 2.11. The van der Waals surface area contributed by atoms with Crippen LogP contribution in [0.15, 0.2) is 30.3 Å². The van der Waals surface area contributed by atoms with Crippen molar-refractivity contribution in [3.8, 4) is 11.4 Å². The summed E-state index contributed by atoms with van der Waals surface area (Å²) in [6.07, 6.45) is 0.742. The third-order valence-corrected chi connectivity index (χ3v) is 2.69. The van der Waals surface area contributed by atoms with Crippen LogP contribution < -0.4 is 11.1 Å². The summed E-state index contributed by atoms with van der Waals surface area (Å²) in [6.45, 7) is 2.51.